The van der Waals surface area contributed by atoms with Crippen molar-refractivity contribution in [2.45, 2.75) is 66.6 Å². The molecule has 26 heavy (non-hydrogen) atoms. The van der Waals surface area contributed by atoms with Gasteiger partial charge >= 0.3 is 0 Å². The molecule has 1 aromatic carbocycles. The average molecular weight is 362 g/mol. The van der Waals surface area contributed by atoms with Crippen LogP contribution in [0.15, 0.2) is 24.3 Å². The van der Waals surface area contributed by atoms with Crippen LogP contribution in [0.2, 0.25) is 0 Å². The molecule has 0 radical (unpaired) electrons. The van der Waals surface area contributed by atoms with Gasteiger partial charge in [-0.1, -0.05) is 31.5 Å². The molecule has 146 valence electrons. The summed E-state index contributed by atoms with van der Waals surface area (Å²) < 4.78 is 0. The SMILES string of the molecule is Cc1ccc(C(=O)NC(C(=O)NCCN(C(C)C)C(C)C)C(C)C)cc1. The van der Waals surface area contributed by atoms with Crippen LogP contribution in [0.4, 0.5) is 0 Å². The van der Waals surface area contributed by atoms with Crippen molar-refractivity contribution in [3.63, 3.8) is 0 Å². The van der Waals surface area contributed by atoms with Gasteiger partial charge in [0.2, 0.25) is 5.91 Å². The molecule has 1 rings (SSSR count). The van der Waals surface area contributed by atoms with Crippen LogP contribution in [0, 0.1) is 12.8 Å². The maximum Gasteiger partial charge on any atom is 0.251 e. The molecule has 0 aromatic heterocycles. The van der Waals surface area contributed by atoms with E-state index in [1.54, 1.807) is 12.1 Å². The van der Waals surface area contributed by atoms with Crippen LogP contribution in [0.5, 0.6) is 0 Å². The highest BCUT2D eigenvalue weighted by atomic mass is 16.2. The van der Waals surface area contributed by atoms with Crippen molar-refractivity contribution < 1.29 is 9.59 Å². The minimum absolute atomic E-state index is 0.00991. The molecule has 2 N–H and O–H groups in total. The zero-order valence-corrected chi connectivity index (χ0v) is 17.3. The highest BCUT2D eigenvalue weighted by molar-refractivity contribution is 5.97. The van der Waals surface area contributed by atoms with Gasteiger partial charge in [0.05, 0.1) is 0 Å². The summed E-state index contributed by atoms with van der Waals surface area (Å²) in [6.45, 7) is 15.8. The fraction of sp³-hybridized carbons (Fsp3) is 0.619. The summed E-state index contributed by atoms with van der Waals surface area (Å²) in [7, 11) is 0. The Bertz CT molecular complexity index is 571. The third-order valence-corrected chi connectivity index (χ3v) is 4.55. The third-order valence-electron chi connectivity index (χ3n) is 4.55. The van der Waals surface area contributed by atoms with E-state index in [1.807, 2.05) is 32.9 Å². The number of nitrogens with zero attached hydrogens (tertiary/aromatic N) is 1. The van der Waals surface area contributed by atoms with Crippen LogP contribution >= 0.6 is 0 Å². The van der Waals surface area contributed by atoms with E-state index in [-0.39, 0.29) is 17.7 Å². The first-order chi connectivity index (χ1) is 12.1. The molecule has 0 heterocycles. The summed E-state index contributed by atoms with van der Waals surface area (Å²) in [6.07, 6.45) is 0. The molecular formula is C21H35N3O2. The largest absolute Gasteiger partial charge is 0.353 e. The van der Waals surface area contributed by atoms with Gasteiger partial charge in [0.1, 0.15) is 6.04 Å². The first-order valence-electron chi connectivity index (χ1n) is 9.54. The topological polar surface area (TPSA) is 61.4 Å². The Hall–Kier alpha value is -1.88. The van der Waals surface area contributed by atoms with Crippen molar-refractivity contribution >= 4 is 11.8 Å². The molecule has 5 heteroatoms. The van der Waals surface area contributed by atoms with Gasteiger partial charge in [-0.15, -0.1) is 0 Å². The second-order valence-corrected chi connectivity index (χ2v) is 7.78. The van der Waals surface area contributed by atoms with E-state index < -0.39 is 6.04 Å². The molecule has 1 unspecified atom stereocenters. The summed E-state index contributed by atoms with van der Waals surface area (Å²) in [5.41, 5.74) is 1.67. The van der Waals surface area contributed by atoms with E-state index in [4.69, 9.17) is 0 Å². The number of aryl methyl sites for hydroxylation is 1. The second-order valence-electron chi connectivity index (χ2n) is 7.78. The molecule has 0 aliphatic rings. The van der Waals surface area contributed by atoms with Crippen LogP contribution in [-0.2, 0) is 4.79 Å². The van der Waals surface area contributed by atoms with Gasteiger partial charge in [0.25, 0.3) is 5.91 Å². The third kappa shape index (κ3) is 6.79. The van der Waals surface area contributed by atoms with Crippen molar-refractivity contribution in [3.05, 3.63) is 35.4 Å². The van der Waals surface area contributed by atoms with Gasteiger partial charge in [-0.2, -0.15) is 0 Å². The number of nitrogens with one attached hydrogen (secondary N) is 2. The maximum atomic E-state index is 12.6. The van der Waals surface area contributed by atoms with Crippen molar-refractivity contribution in [1.29, 1.82) is 0 Å². The van der Waals surface area contributed by atoms with Crippen molar-refractivity contribution in [3.8, 4) is 0 Å². The molecule has 0 saturated carbocycles. The van der Waals surface area contributed by atoms with Crippen LogP contribution in [0.3, 0.4) is 0 Å². The predicted molar refractivity (Wildman–Crippen MR) is 107 cm³/mol. The molecule has 0 spiro atoms. The lowest BCUT2D eigenvalue weighted by atomic mass is 10.0. The normalized spacial score (nSPS) is 12.7. The second kappa shape index (κ2) is 10.3. The Morgan fingerprint density at radius 2 is 1.50 bits per heavy atom. The standard InChI is InChI=1S/C21H35N3O2/c1-14(2)19(23-20(25)18-10-8-17(7)9-11-18)21(26)22-12-13-24(15(3)4)16(5)6/h8-11,14-16,19H,12-13H2,1-7H3,(H,22,26)(H,23,25). The molecule has 1 atom stereocenters. The lowest BCUT2D eigenvalue weighted by molar-refractivity contribution is -0.124. The summed E-state index contributed by atoms with van der Waals surface area (Å²) in [6, 6.07) is 7.66. The first-order valence-corrected chi connectivity index (χ1v) is 9.54. The highest BCUT2D eigenvalue weighted by Crippen LogP contribution is 2.07. The fourth-order valence-electron chi connectivity index (χ4n) is 3.00. The molecular weight excluding hydrogens is 326 g/mol. The zero-order valence-electron chi connectivity index (χ0n) is 17.3. The van der Waals surface area contributed by atoms with Crippen molar-refractivity contribution in [2.24, 2.45) is 5.92 Å². The summed E-state index contributed by atoms with van der Waals surface area (Å²) >= 11 is 0. The minimum atomic E-state index is -0.546. The van der Waals surface area contributed by atoms with Gasteiger partial charge in [-0.05, 0) is 52.7 Å². The quantitative estimate of drug-likeness (QED) is 0.711. The molecule has 0 aliphatic heterocycles. The van der Waals surface area contributed by atoms with E-state index in [0.717, 1.165) is 12.1 Å². The van der Waals surface area contributed by atoms with E-state index >= 15 is 0 Å². The van der Waals surface area contributed by atoms with Crippen LogP contribution in [0.1, 0.15) is 57.5 Å². The number of rotatable bonds is 9. The minimum Gasteiger partial charge on any atom is -0.353 e. The number of carbonyl (C=O) groups excluding carboxylic acids is 2. The monoisotopic (exact) mass is 361 g/mol. The molecule has 0 saturated heterocycles. The molecule has 5 nitrogen and oxygen atoms in total. The number of hydrogen-bond donors (Lipinski definition) is 2. The van der Waals surface area contributed by atoms with E-state index in [0.29, 0.717) is 24.2 Å². The van der Waals surface area contributed by atoms with E-state index in [2.05, 4.69) is 43.2 Å². The van der Waals surface area contributed by atoms with Gasteiger partial charge in [-0.25, -0.2) is 0 Å². The molecule has 0 bridgehead atoms. The Kier molecular flexibility index (Phi) is 8.79. The smallest absolute Gasteiger partial charge is 0.251 e. The Morgan fingerprint density at radius 1 is 0.962 bits per heavy atom. The van der Waals surface area contributed by atoms with Gasteiger partial charge < -0.3 is 10.6 Å². The first kappa shape index (κ1) is 22.2. The van der Waals surface area contributed by atoms with Crippen molar-refractivity contribution in [2.75, 3.05) is 13.1 Å². The maximum absolute atomic E-state index is 12.6. The lowest BCUT2D eigenvalue weighted by Crippen LogP contribution is -2.51. The van der Waals surface area contributed by atoms with E-state index in [9.17, 15) is 9.59 Å². The van der Waals surface area contributed by atoms with Crippen molar-refractivity contribution in [1.82, 2.24) is 15.5 Å². The fourth-order valence-corrected chi connectivity index (χ4v) is 3.00. The summed E-state index contributed by atoms with van der Waals surface area (Å²) in [5.74, 6) is -0.339. The summed E-state index contributed by atoms with van der Waals surface area (Å²) in [5, 5.41) is 5.85. The molecule has 1 aromatic rings. The highest BCUT2D eigenvalue weighted by Gasteiger charge is 2.24. The van der Waals surface area contributed by atoms with Crippen LogP contribution in [-0.4, -0.2) is 47.9 Å². The van der Waals surface area contributed by atoms with Crippen LogP contribution < -0.4 is 10.6 Å². The average Bonchev–Trinajstić information content (AvgIpc) is 2.55. The Balaban J connectivity index is 2.64. The van der Waals surface area contributed by atoms with Gasteiger partial charge in [-0.3, -0.25) is 14.5 Å². The van der Waals surface area contributed by atoms with Gasteiger partial charge in [0.15, 0.2) is 0 Å². The molecule has 2 amide bonds. The summed E-state index contributed by atoms with van der Waals surface area (Å²) in [4.78, 5) is 27.3. The lowest BCUT2D eigenvalue weighted by Gasteiger charge is -2.31. The predicted octanol–water partition coefficient (Wildman–Crippen LogP) is 2.98. The number of benzene rings is 1. The Labute approximate surface area is 158 Å². The van der Waals surface area contributed by atoms with E-state index in [1.165, 1.54) is 0 Å². The number of hydrogen-bond acceptors (Lipinski definition) is 3. The van der Waals surface area contributed by atoms with Crippen LogP contribution in [0.25, 0.3) is 0 Å². The van der Waals surface area contributed by atoms with Gasteiger partial charge in [0, 0.05) is 30.7 Å². The number of amides is 2. The zero-order chi connectivity index (χ0) is 19.9. The Morgan fingerprint density at radius 3 is 1.96 bits per heavy atom. The number of carbonyl (C=O) groups is 2. The molecule has 0 aliphatic carbocycles. The molecule has 0 fully saturated rings.